The van der Waals surface area contributed by atoms with Gasteiger partial charge in [0.05, 0.1) is 18.1 Å². The monoisotopic (exact) mass is 338 g/mol. The lowest BCUT2D eigenvalue weighted by Crippen LogP contribution is -2.43. The Morgan fingerprint density at radius 1 is 1.38 bits per heavy atom. The van der Waals surface area contributed by atoms with Crippen molar-refractivity contribution >= 4 is 21.6 Å². The number of halogens is 1. The summed E-state index contributed by atoms with van der Waals surface area (Å²) >= 11 is 5.69. The zero-order valence-electron chi connectivity index (χ0n) is 12.1. The van der Waals surface area contributed by atoms with Gasteiger partial charge in [0.15, 0.2) is 0 Å². The van der Waals surface area contributed by atoms with Crippen LogP contribution in [0.5, 0.6) is 0 Å². The van der Waals surface area contributed by atoms with Crippen molar-refractivity contribution in [3.8, 4) is 0 Å². The number of hydrogen-bond donors (Lipinski definition) is 1. The second-order valence-electron chi connectivity index (χ2n) is 4.43. The quantitative estimate of drug-likeness (QED) is 0.753. The molecule has 0 aliphatic heterocycles. The van der Waals surface area contributed by atoms with E-state index in [2.05, 4.69) is 4.98 Å². The molecular weight excluding hydrogens is 320 g/mol. The third-order valence-corrected chi connectivity index (χ3v) is 5.13. The number of methoxy groups -OCH3 is 2. The fraction of sp³-hybridized carbons (Fsp3) is 0.583. The van der Waals surface area contributed by atoms with E-state index in [0.29, 0.717) is 0 Å². The van der Waals surface area contributed by atoms with Gasteiger partial charge in [0.1, 0.15) is 5.02 Å². The SMILES string of the molecule is COCCN(C(C)COC)S(=O)(=O)c1c[nH]c(=O)c(Cl)c1. The second kappa shape index (κ2) is 7.90. The predicted molar refractivity (Wildman–Crippen MR) is 79.2 cm³/mol. The van der Waals surface area contributed by atoms with E-state index >= 15 is 0 Å². The highest BCUT2D eigenvalue weighted by molar-refractivity contribution is 7.89. The average molecular weight is 339 g/mol. The molecule has 0 aliphatic rings. The number of H-pyrrole nitrogens is 1. The highest BCUT2D eigenvalue weighted by Gasteiger charge is 2.29. The third-order valence-electron chi connectivity index (χ3n) is 2.85. The minimum Gasteiger partial charge on any atom is -0.383 e. The molecule has 21 heavy (non-hydrogen) atoms. The fourth-order valence-corrected chi connectivity index (χ4v) is 3.64. The first-order valence-electron chi connectivity index (χ1n) is 6.22. The predicted octanol–water partition coefficient (Wildman–Crippen LogP) is 0.700. The molecule has 0 aromatic carbocycles. The molecule has 1 aromatic heterocycles. The van der Waals surface area contributed by atoms with Gasteiger partial charge in [0, 0.05) is 33.0 Å². The van der Waals surface area contributed by atoms with Gasteiger partial charge in [-0.05, 0) is 13.0 Å². The summed E-state index contributed by atoms with van der Waals surface area (Å²) in [6.45, 7) is 2.37. The van der Waals surface area contributed by atoms with E-state index in [1.807, 2.05) is 0 Å². The fourth-order valence-electron chi connectivity index (χ4n) is 1.81. The standard InChI is InChI=1S/C12H19ClN2O5S/c1-9(8-20-3)15(4-5-19-2)21(17,18)10-6-11(13)12(16)14-7-10/h6-7,9H,4-5,8H2,1-3H3,(H,14,16). The number of aromatic amines is 1. The summed E-state index contributed by atoms with van der Waals surface area (Å²) in [5, 5.41) is -0.179. The van der Waals surface area contributed by atoms with Crippen LogP contribution >= 0.6 is 11.6 Å². The first kappa shape index (κ1) is 18.1. The van der Waals surface area contributed by atoms with Gasteiger partial charge in [-0.3, -0.25) is 4.79 Å². The summed E-state index contributed by atoms with van der Waals surface area (Å²) in [5.74, 6) is 0. The maximum absolute atomic E-state index is 12.7. The van der Waals surface area contributed by atoms with Crippen molar-refractivity contribution in [2.75, 3.05) is 34.0 Å². The molecule has 0 aliphatic carbocycles. The highest BCUT2D eigenvalue weighted by Crippen LogP contribution is 2.19. The Morgan fingerprint density at radius 3 is 2.57 bits per heavy atom. The topological polar surface area (TPSA) is 88.7 Å². The van der Waals surface area contributed by atoms with Gasteiger partial charge < -0.3 is 14.5 Å². The molecule has 0 radical (unpaired) electrons. The number of ether oxygens (including phenoxy) is 2. The Morgan fingerprint density at radius 2 is 2.05 bits per heavy atom. The molecule has 1 atom stereocenters. The summed E-state index contributed by atoms with van der Waals surface area (Å²) in [6, 6.07) is 0.746. The Balaban J connectivity index is 3.18. The van der Waals surface area contributed by atoms with Crippen LogP contribution in [0.2, 0.25) is 5.02 Å². The van der Waals surface area contributed by atoms with Crippen molar-refractivity contribution in [3.05, 3.63) is 27.6 Å². The van der Waals surface area contributed by atoms with Gasteiger partial charge >= 0.3 is 0 Å². The molecule has 1 N–H and O–H groups in total. The van der Waals surface area contributed by atoms with Crippen molar-refractivity contribution in [2.24, 2.45) is 0 Å². The second-order valence-corrected chi connectivity index (χ2v) is 6.72. The molecule has 0 saturated heterocycles. The molecule has 9 heteroatoms. The number of nitrogens with one attached hydrogen (secondary N) is 1. The van der Waals surface area contributed by atoms with E-state index < -0.39 is 15.6 Å². The molecule has 1 rings (SSSR count). The van der Waals surface area contributed by atoms with Crippen LogP contribution in [0, 0.1) is 0 Å². The number of nitrogens with zero attached hydrogens (tertiary/aromatic N) is 1. The zero-order chi connectivity index (χ0) is 16.0. The Hall–Kier alpha value is -0.930. The summed E-state index contributed by atoms with van der Waals surface area (Å²) in [6.07, 6.45) is 1.13. The van der Waals surface area contributed by atoms with Crippen molar-refractivity contribution in [2.45, 2.75) is 17.9 Å². The third kappa shape index (κ3) is 4.52. The number of sulfonamides is 1. The Labute approximate surface area is 128 Å². The minimum absolute atomic E-state index is 0.0776. The number of rotatable bonds is 8. The van der Waals surface area contributed by atoms with Crippen LogP contribution in [-0.4, -0.2) is 57.7 Å². The lowest BCUT2D eigenvalue weighted by molar-refractivity contribution is 0.119. The minimum atomic E-state index is -3.82. The van der Waals surface area contributed by atoms with Gasteiger partial charge in [0.2, 0.25) is 10.0 Å². The lowest BCUT2D eigenvalue weighted by atomic mass is 10.3. The van der Waals surface area contributed by atoms with Crippen molar-refractivity contribution in [1.29, 1.82) is 0 Å². The Bertz CT molecular complexity index is 616. The molecule has 120 valence electrons. The van der Waals surface area contributed by atoms with Crippen LogP contribution in [0.3, 0.4) is 0 Å². The van der Waals surface area contributed by atoms with Gasteiger partial charge in [0.25, 0.3) is 5.56 Å². The molecule has 1 unspecified atom stereocenters. The summed E-state index contributed by atoms with van der Waals surface area (Å²) < 4.78 is 36.5. The van der Waals surface area contributed by atoms with Gasteiger partial charge in [-0.15, -0.1) is 0 Å². The molecule has 1 heterocycles. The largest absolute Gasteiger partial charge is 0.383 e. The molecule has 0 fully saturated rings. The van der Waals surface area contributed by atoms with Crippen LogP contribution in [0.1, 0.15) is 6.92 Å². The normalized spacial score (nSPS) is 13.6. The van der Waals surface area contributed by atoms with Crippen LogP contribution < -0.4 is 5.56 Å². The first-order valence-corrected chi connectivity index (χ1v) is 8.04. The van der Waals surface area contributed by atoms with E-state index in [-0.39, 0.29) is 35.7 Å². The zero-order valence-corrected chi connectivity index (χ0v) is 13.7. The summed E-state index contributed by atoms with van der Waals surface area (Å²) in [4.78, 5) is 13.5. The number of hydrogen-bond acceptors (Lipinski definition) is 5. The molecule has 0 spiro atoms. The van der Waals surface area contributed by atoms with Crippen LogP contribution in [0.15, 0.2) is 22.0 Å². The van der Waals surface area contributed by atoms with E-state index in [1.165, 1.54) is 18.5 Å². The summed E-state index contributed by atoms with van der Waals surface area (Å²) in [5.41, 5.74) is -0.538. The lowest BCUT2D eigenvalue weighted by Gasteiger charge is -2.27. The highest BCUT2D eigenvalue weighted by atomic mass is 35.5. The van der Waals surface area contributed by atoms with Crippen LogP contribution in [0.25, 0.3) is 0 Å². The van der Waals surface area contributed by atoms with E-state index in [0.717, 1.165) is 12.3 Å². The maximum atomic E-state index is 12.7. The van der Waals surface area contributed by atoms with Gasteiger partial charge in [-0.2, -0.15) is 4.31 Å². The summed E-state index contributed by atoms with van der Waals surface area (Å²) in [7, 11) is -0.832. The molecule has 7 nitrogen and oxygen atoms in total. The smallest absolute Gasteiger partial charge is 0.266 e. The average Bonchev–Trinajstić information content (AvgIpc) is 2.42. The van der Waals surface area contributed by atoms with Gasteiger partial charge in [-0.25, -0.2) is 8.42 Å². The molecule has 0 amide bonds. The van der Waals surface area contributed by atoms with Crippen LogP contribution in [0.4, 0.5) is 0 Å². The maximum Gasteiger partial charge on any atom is 0.266 e. The molecular formula is C12H19ClN2O5S. The van der Waals surface area contributed by atoms with Crippen molar-refractivity contribution < 1.29 is 17.9 Å². The van der Waals surface area contributed by atoms with E-state index in [9.17, 15) is 13.2 Å². The van der Waals surface area contributed by atoms with Crippen LogP contribution in [-0.2, 0) is 19.5 Å². The van der Waals surface area contributed by atoms with Crippen molar-refractivity contribution in [1.82, 2.24) is 9.29 Å². The van der Waals surface area contributed by atoms with Gasteiger partial charge in [-0.1, -0.05) is 11.6 Å². The molecule has 1 aromatic rings. The van der Waals surface area contributed by atoms with E-state index in [1.54, 1.807) is 6.92 Å². The van der Waals surface area contributed by atoms with Crippen molar-refractivity contribution in [3.63, 3.8) is 0 Å². The number of aromatic nitrogens is 1. The molecule has 0 saturated carbocycles. The molecule has 0 bridgehead atoms. The number of pyridine rings is 1. The first-order chi connectivity index (χ1) is 9.84. The van der Waals surface area contributed by atoms with E-state index in [4.69, 9.17) is 21.1 Å². The Kier molecular flexibility index (Phi) is 6.82.